The van der Waals surface area contributed by atoms with Crippen molar-refractivity contribution in [1.82, 2.24) is 0 Å². The molecule has 0 spiro atoms. The molecule has 0 aliphatic heterocycles. The van der Waals surface area contributed by atoms with E-state index < -0.39 is 17.7 Å². The lowest BCUT2D eigenvalue weighted by Crippen LogP contribution is -2.37. The summed E-state index contributed by atoms with van der Waals surface area (Å²) < 4.78 is 10.6. The Kier molecular flexibility index (Phi) is 17.3. The molecular formula is C26H46O4. The second kappa shape index (κ2) is 18.2. The van der Waals surface area contributed by atoms with Gasteiger partial charge in [-0.15, -0.1) is 0 Å². The summed E-state index contributed by atoms with van der Waals surface area (Å²) >= 11 is 0. The number of rotatable bonds is 20. The molecule has 0 aromatic rings. The molecule has 0 heterocycles. The van der Waals surface area contributed by atoms with Gasteiger partial charge in [-0.3, -0.25) is 0 Å². The summed E-state index contributed by atoms with van der Waals surface area (Å²) in [6, 6.07) is 0. The average molecular weight is 423 g/mol. The van der Waals surface area contributed by atoms with Gasteiger partial charge in [-0.2, -0.15) is 0 Å². The molecule has 0 fully saturated rings. The quantitative estimate of drug-likeness (QED) is 0.0868. The molecule has 0 bridgehead atoms. The standard InChI is InChI=1S/C26H46O4/c1-6-8-9-10-11-12-13-14-15-16-17-18-19-20-21-22-26(5,29-24(27)7-2)30-25(28)23(3)4/h7H,2-3,6,8-22H2,1,4-5H3. The van der Waals surface area contributed by atoms with Gasteiger partial charge in [0.1, 0.15) is 0 Å². The highest BCUT2D eigenvalue weighted by atomic mass is 16.7. The number of carbonyl (C=O) groups is 2. The van der Waals surface area contributed by atoms with Crippen LogP contribution in [0.2, 0.25) is 0 Å². The average Bonchev–Trinajstić information content (AvgIpc) is 2.70. The lowest BCUT2D eigenvalue weighted by Gasteiger charge is -2.28. The zero-order chi connectivity index (χ0) is 22.7. The van der Waals surface area contributed by atoms with E-state index in [1.807, 2.05) is 0 Å². The van der Waals surface area contributed by atoms with Crippen molar-refractivity contribution >= 4 is 11.9 Å². The molecule has 0 aromatic heterocycles. The van der Waals surface area contributed by atoms with E-state index in [4.69, 9.17) is 9.47 Å². The third-order valence-electron chi connectivity index (χ3n) is 5.37. The van der Waals surface area contributed by atoms with Gasteiger partial charge in [0.05, 0.1) is 0 Å². The summed E-state index contributed by atoms with van der Waals surface area (Å²) in [5.74, 6) is -2.40. The molecular weight excluding hydrogens is 376 g/mol. The Balaban J connectivity index is 3.79. The van der Waals surface area contributed by atoms with E-state index in [-0.39, 0.29) is 5.57 Å². The van der Waals surface area contributed by atoms with Crippen molar-refractivity contribution in [3.05, 3.63) is 24.8 Å². The van der Waals surface area contributed by atoms with Crippen LogP contribution in [0.1, 0.15) is 124 Å². The molecule has 4 nitrogen and oxygen atoms in total. The SMILES string of the molecule is C=CC(=O)OC(C)(CCCCCCCCCCCCCCCCC)OC(=O)C(=C)C. The molecule has 0 N–H and O–H groups in total. The van der Waals surface area contributed by atoms with Gasteiger partial charge in [0, 0.05) is 25.0 Å². The van der Waals surface area contributed by atoms with Gasteiger partial charge in [-0.25, -0.2) is 9.59 Å². The van der Waals surface area contributed by atoms with E-state index >= 15 is 0 Å². The van der Waals surface area contributed by atoms with Gasteiger partial charge in [0.15, 0.2) is 0 Å². The minimum Gasteiger partial charge on any atom is -0.420 e. The molecule has 30 heavy (non-hydrogen) atoms. The molecule has 0 saturated carbocycles. The summed E-state index contributed by atoms with van der Waals surface area (Å²) in [5.41, 5.74) is 0.285. The maximum Gasteiger partial charge on any atom is 0.336 e. The van der Waals surface area contributed by atoms with Gasteiger partial charge in [0.2, 0.25) is 0 Å². The van der Waals surface area contributed by atoms with Crippen LogP contribution in [0.3, 0.4) is 0 Å². The summed E-state index contributed by atoms with van der Waals surface area (Å²) in [7, 11) is 0. The predicted molar refractivity (Wildman–Crippen MR) is 125 cm³/mol. The zero-order valence-corrected chi connectivity index (χ0v) is 19.9. The van der Waals surface area contributed by atoms with Gasteiger partial charge < -0.3 is 9.47 Å². The summed E-state index contributed by atoms with van der Waals surface area (Å²) in [4.78, 5) is 23.4. The molecule has 4 heteroatoms. The Morgan fingerprint density at radius 2 is 1.17 bits per heavy atom. The van der Waals surface area contributed by atoms with Crippen LogP contribution in [0.4, 0.5) is 0 Å². The van der Waals surface area contributed by atoms with E-state index in [0.717, 1.165) is 25.3 Å². The summed E-state index contributed by atoms with van der Waals surface area (Å²) in [5, 5.41) is 0. The highest BCUT2D eigenvalue weighted by Crippen LogP contribution is 2.24. The van der Waals surface area contributed by atoms with Crippen molar-refractivity contribution < 1.29 is 19.1 Å². The third kappa shape index (κ3) is 16.2. The van der Waals surface area contributed by atoms with Gasteiger partial charge in [-0.05, 0) is 13.3 Å². The fourth-order valence-electron chi connectivity index (χ4n) is 3.48. The second-order valence-electron chi connectivity index (χ2n) is 8.63. The van der Waals surface area contributed by atoms with E-state index in [1.54, 1.807) is 13.8 Å². The Morgan fingerprint density at radius 1 is 0.767 bits per heavy atom. The molecule has 174 valence electrons. The first-order valence-corrected chi connectivity index (χ1v) is 12.1. The number of unbranched alkanes of at least 4 members (excludes halogenated alkanes) is 14. The normalized spacial score (nSPS) is 12.8. The topological polar surface area (TPSA) is 52.6 Å². The van der Waals surface area contributed by atoms with Crippen molar-refractivity contribution in [2.75, 3.05) is 0 Å². The minimum absolute atomic E-state index is 0.285. The van der Waals surface area contributed by atoms with Crippen LogP contribution in [-0.4, -0.2) is 17.7 Å². The Labute approximate surface area is 185 Å². The van der Waals surface area contributed by atoms with Gasteiger partial charge >= 0.3 is 11.9 Å². The molecule has 1 unspecified atom stereocenters. The first kappa shape index (κ1) is 28.4. The van der Waals surface area contributed by atoms with Crippen LogP contribution >= 0.6 is 0 Å². The van der Waals surface area contributed by atoms with E-state index in [9.17, 15) is 9.59 Å². The number of hydrogen-bond acceptors (Lipinski definition) is 4. The second-order valence-corrected chi connectivity index (χ2v) is 8.63. The summed E-state index contributed by atoms with van der Waals surface area (Å²) in [6.07, 6.45) is 20.8. The van der Waals surface area contributed by atoms with Gasteiger partial charge in [0.25, 0.3) is 5.79 Å². The van der Waals surface area contributed by atoms with Crippen LogP contribution in [0.25, 0.3) is 0 Å². The van der Waals surface area contributed by atoms with E-state index in [1.165, 1.54) is 77.0 Å². The minimum atomic E-state index is -1.27. The van der Waals surface area contributed by atoms with Crippen molar-refractivity contribution in [2.24, 2.45) is 0 Å². The lowest BCUT2D eigenvalue weighted by atomic mass is 10.0. The molecule has 0 radical (unpaired) electrons. The van der Waals surface area contributed by atoms with Crippen LogP contribution in [0.15, 0.2) is 24.8 Å². The summed E-state index contributed by atoms with van der Waals surface area (Å²) in [6.45, 7) is 12.4. The monoisotopic (exact) mass is 422 g/mol. The number of carbonyl (C=O) groups excluding carboxylic acids is 2. The highest BCUT2D eigenvalue weighted by molar-refractivity contribution is 5.87. The van der Waals surface area contributed by atoms with Crippen molar-refractivity contribution in [1.29, 1.82) is 0 Å². The number of hydrogen-bond donors (Lipinski definition) is 0. The van der Waals surface area contributed by atoms with E-state index in [2.05, 4.69) is 20.1 Å². The maximum atomic E-state index is 11.8. The van der Waals surface area contributed by atoms with Crippen molar-refractivity contribution in [3.63, 3.8) is 0 Å². The molecule has 0 aliphatic rings. The first-order chi connectivity index (χ1) is 14.3. The van der Waals surface area contributed by atoms with Crippen LogP contribution in [0, 0.1) is 0 Å². The van der Waals surface area contributed by atoms with E-state index in [0.29, 0.717) is 6.42 Å². The molecule has 0 saturated heterocycles. The lowest BCUT2D eigenvalue weighted by molar-refractivity contribution is -0.219. The fraction of sp³-hybridized carbons (Fsp3) is 0.769. The largest absolute Gasteiger partial charge is 0.420 e. The van der Waals surface area contributed by atoms with Crippen LogP contribution < -0.4 is 0 Å². The smallest absolute Gasteiger partial charge is 0.336 e. The van der Waals surface area contributed by atoms with Crippen molar-refractivity contribution in [3.8, 4) is 0 Å². The maximum absolute atomic E-state index is 11.8. The third-order valence-corrected chi connectivity index (χ3v) is 5.37. The molecule has 0 amide bonds. The fourth-order valence-corrected chi connectivity index (χ4v) is 3.48. The Hall–Kier alpha value is -1.58. The van der Waals surface area contributed by atoms with Crippen LogP contribution in [-0.2, 0) is 19.1 Å². The predicted octanol–water partition coefficient (Wildman–Crippen LogP) is 7.81. The molecule has 0 rings (SSSR count). The highest BCUT2D eigenvalue weighted by Gasteiger charge is 2.32. The molecule has 0 aliphatic carbocycles. The van der Waals surface area contributed by atoms with Gasteiger partial charge in [-0.1, -0.05) is 110 Å². The van der Waals surface area contributed by atoms with Crippen molar-refractivity contribution in [2.45, 2.75) is 129 Å². The molecule has 1 atom stereocenters. The molecule has 0 aromatic carbocycles. The Morgan fingerprint density at radius 3 is 1.53 bits per heavy atom. The zero-order valence-electron chi connectivity index (χ0n) is 19.9. The first-order valence-electron chi connectivity index (χ1n) is 12.1. The number of ether oxygens (including phenoxy) is 2. The Bertz CT molecular complexity index is 497. The number of esters is 2. The van der Waals surface area contributed by atoms with Crippen LogP contribution in [0.5, 0.6) is 0 Å².